The first-order valence-electron chi connectivity index (χ1n) is 5.14. The van der Waals surface area contributed by atoms with Gasteiger partial charge in [0.1, 0.15) is 5.75 Å². The Morgan fingerprint density at radius 1 is 1.44 bits per heavy atom. The van der Waals surface area contributed by atoms with Gasteiger partial charge in [-0.3, -0.25) is 4.68 Å². The monoisotopic (exact) mass is 310 g/mol. The number of hydrogen-bond donors (Lipinski definition) is 1. The van der Waals surface area contributed by atoms with Crippen molar-refractivity contribution in [2.45, 2.75) is 0 Å². The van der Waals surface area contributed by atoms with Crippen LogP contribution in [-0.4, -0.2) is 28.0 Å². The molecule has 6 heteroatoms. The van der Waals surface area contributed by atoms with Gasteiger partial charge in [0, 0.05) is 17.1 Å². The topological polar surface area (TPSA) is 64.3 Å². The fourth-order valence-electron chi connectivity index (χ4n) is 1.70. The predicted octanol–water partition coefficient (Wildman–Crippen LogP) is 2.56. The second kappa shape index (κ2) is 4.81. The normalized spacial score (nSPS) is 10.4. The Kier molecular flexibility index (Phi) is 3.38. The average molecular weight is 311 g/mol. The van der Waals surface area contributed by atoms with E-state index < -0.39 is 5.97 Å². The first-order valence-corrected chi connectivity index (χ1v) is 5.93. The van der Waals surface area contributed by atoms with Crippen LogP contribution in [0, 0.1) is 0 Å². The maximum atomic E-state index is 10.9. The van der Waals surface area contributed by atoms with Gasteiger partial charge in [0.25, 0.3) is 0 Å². The van der Waals surface area contributed by atoms with Crippen molar-refractivity contribution in [3.8, 4) is 17.0 Å². The van der Waals surface area contributed by atoms with E-state index in [4.69, 9.17) is 9.84 Å². The van der Waals surface area contributed by atoms with Gasteiger partial charge in [-0.15, -0.1) is 0 Å². The summed E-state index contributed by atoms with van der Waals surface area (Å²) in [6, 6.07) is 7.05. The summed E-state index contributed by atoms with van der Waals surface area (Å²) >= 11 is 3.38. The minimum absolute atomic E-state index is 0.00882. The molecule has 0 aliphatic rings. The van der Waals surface area contributed by atoms with Gasteiger partial charge >= 0.3 is 5.97 Å². The highest BCUT2D eigenvalue weighted by Gasteiger charge is 2.15. The number of halogens is 1. The van der Waals surface area contributed by atoms with Crippen LogP contribution in [0.15, 0.2) is 28.7 Å². The molecule has 0 amide bonds. The van der Waals surface area contributed by atoms with Crippen molar-refractivity contribution >= 4 is 21.9 Å². The standard InChI is InChI=1S/C12H11BrN2O3/c1-15-10(6-9(14-15)12(16)17)8-5-7(13)3-4-11(8)18-2/h3-6H,1-2H3,(H,16,17). The minimum atomic E-state index is -1.05. The highest BCUT2D eigenvalue weighted by Crippen LogP contribution is 2.32. The molecule has 0 unspecified atom stereocenters. The molecular formula is C12H11BrN2O3. The maximum Gasteiger partial charge on any atom is 0.356 e. The highest BCUT2D eigenvalue weighted by atomic mass is 79.9. The zero-order valence-electron chi connectivity index (χ0n) is 9.85. The Labute approximate surface area is 112 Å². The Hall–Kier alpha value is -1.82. The van der Waals surface area contributed by atoms with Crippen molar-refractivity contribution in [2.75, 3.05) is 7.11 Å². The van der Waals surface area contributed by atoms with Gasteiger partial charge in [0.15, 0.2) is 5.69 Å². The second-order valence-corrected chi connectivity index (χ2v) is 4.60. The van der Waals surface area contributed by atoms with Gasteiger partial charge in [0.05, 0.1) is 12.8 Å². The number of hydrogen-bond acceptors (Lipinski definition) is 3. The van der Waals surface area contributed by atoms with E-state index in [1.165, 1.54) is 10.7 Å². The van der Waals surface area contributed by atoms with Crippen molar-refractivity contribution in [2.24, 2.45) is 7.05 Å². The van der Waals surface area contributed by atoms with E-state index >= 15 is 0 Å². The fraction of sp³-hybridized carbons (Fsp3) is 0.167. The number of benzene rings is 1. The van der Waals surface area contributed by atoms with E-state index in [1.54, 1.807) is 14.2 Å². The van der Waals surface area contributed by atoms with Gasteiger partial charge in [-0.1, -0.05) is 15.9 Å². The van der Waals surface area contributed by atoms with Gasteiger partial charge in [-0.25, -0.2) is 4.79 Å². The molecule has 0 aliphatic carbocycles. The predicted molar refractivity (Wildman–Crippen MR) is 69.9 cm³/mol. The molecule has 0 fully saturated rings. The third kappa shape index (κ3) is 2.24. The number of aryl methyl sites for hydroxylation is 1. The summed E-state index contributed by atoms with van der Waals surface area (Å²) in [4.78, 5) is 10.9. The molecule has 0 saturated heterocycles. The number of aromatic nitrogens is 2. The smallest absolute Gasteiger partial charge is 0.356 e. The second-order valence-electron chi connectivity index (χ2n) is 3.69. The molecule has 1 aromatic heterocycles. The molecule has 0 radical (unpaired) electrons. The number of carbonyl (C=O) groups is 1. The van der Waals surface area contributed by atoms with Gasteiger partial charge in [-0.05, 0) is 24.3 Å². The van der Waals surface area contributed by atoms with Crippen LogP contribution < -0.4 is 4.74 Å². The number of ether oxygens (including phenoxy) is 1. The van der Waals surface area contributed by atoms with Crippen molar-refractivity contribution in [3.05, 3.63) is 34.4 Å². The molecule has 2 aromatic rings. The number of carboxylic acid groups (broad SMARTS) is 1. The Bertz CT molecular complexity index is 607. The lowest BCUT2D eigenvalue weighted by Crippen LogP contribution is -1.99. The van der Waals surface area contributed by atoms with E-state index in [0.29, 0.717) is 11.4 Å². The van der Waals surface area contributed by atoms with Crippen LogP contribution in [0.3, 0.4) is 0 Å². The van der Waals surface area contributed by atoms with Crippen molar-refractivity contribution in [1.29, 1.82) is 0 Å². The zero-order chi connectivity index (χ0) is 13.3. The number of aromatic carboxylic acids is 1. The van der Waals surface area contributed by atoms with Gasteiger partial charge in [0.2, 0.25) is 0 Å². The molecule has 0 aliphatic heterocycles. The van der Waals surface area contributed by atoms with Crippen LogP contribution in [0.25, 0.3) is 11.3 Å². The lowest BCUT2D eigenvalue weighted by molar-refractivity contribution is 0.0689. The summed E-state index contributed by atoms with van der Waals surface area (Å²) < 4.78 is 7.68. The summed E-state index contributed by atoms with van der Waals surface area (Å²) in [6.07, 6.45) is 0. The maximum absolute atomic E-state index is 10.9. The molecule has 5 nitrogen and oxygen atoms in total. The lowest BCUT2D eigenvalue weighted by atomic mass is 10.1. The fourth-order valence-corrected chi connectivity index (χ4v) is 2.07. The van der Waals surface area contributed by atoms with E-state index in [2.05, 4.69) is 21.0 Å². The van der Waals surface area contributed by atoms with Crippen LogP contribution >= 0.6 is 15.9 Å². The summed E-state index contributed by atoms with van der Waals surface area (Å²) in [5.74, 6) is -0.385. The third-order valence-corrected chi connectivity index (χ3v) is 3.03. The quantitative estimate of drug-likeness (QED) is 0.946. The molecule has 1 aromatic carbocycles. The summed E-state index contributed by atoms with van der Waals surface area (Å²) in [7, 11) is 3.27. The molecule has 2 rings (SSSR count). The van der Waals surface area contributed by atoms with Crippen molar-refractivity contribution in [3.63, 3.8) is 0 Å². The van der Waals surface area contributed by atoms with Crippen LogP contribution in [0.1, 0.15) is 10.5 Å². The Morgan fingerprint density at radius 3 is 2.72 bits per heavy atom. The van der Waals surface area contributed by atoms with E-state index in [1.807, 2.05) is 18.2 Å². The molecular weight excluding hydrogens is 300 g/mol. The lowest BCUT2D eigenvalue weighted by Gasteiger charge is -2.08. The van der Waals surface area contributed by atoms with Crippen molar-refractivity contribution in [1.82, 2.24) is 9.78 Å². The molecule has 18 heavy (non-hydrogen) atoms. The van der Waals surface area contributed by atoms with Crippen LogP contribution in [0.4, 0.5) is 0 Å². The molecule has 0 spiro atoms. The van der Waals surface area contributed by atoms with E-state index in [0.717, 1.165) is 10.0 Å². The van der Waals surface area contributed by atoms with E-state index in [9.17, 15) is 4.79 Å². The Morgan fingerprint density at radius 2 is 2.17 bits per heavy atom. The Balaban J connectivity index is 2.60. The minimum Gasteiger partial charge on any atom is -0.496 e. The van der Waals surface area contributed by atoms with Gasteiger partial charge < -0.3 is 9.84 Å². The molecule has 0 bridgehead atoms. The number of nitrogens with zero attached hydrogens (tertiary/aromatic N) is 2. The van der Waals surface area contributed by atoms with Gasteiger partial charge in [-0.2, -0.15) is 5.10 Å². The van der Waals surface area contributed by atoms with Crippen molar-refractivity contribution < 1.29 is 14.6 Å². The van der Waals surface area contributed by atoms with Crippen LogP contribution in [0.2, 0.25) is 0 Å². The summed E-state index contributed by atoms with van der Waals surface area (Å²) in [5, 5.41) is 12.9. The molecule has 1 heterocycles. The number of rotatable bonds is 3. The van der Waals surface area contributed by atoms with Crippen LogP contribution in [0.5, 0.6) is 5.75 Å². The molecule has 1 N–H and O–H groups in total. The van der Waals surface area contributed by atoms with Crippen LogP contribution in [-0.2, 0) is 7.05 Å². The third-order valence-electron chi connectivity index (χ3n) is 2.54. The van der Waals surface area contributed by atoms with E-state index in [-0.39, 0.29) is 5.69 Å². The first kappa shape index (κ1) is 12.6. The SMILES string of the molecule is COc1ccc(Br)cc1-c1cc(C(=O)O)nn1C. The summed E-state index contributed by atoms with van der Waals surface area (Å²) in [6.45, 7) is 0. The molecule has 0 saturated carbocycles. The number of methoxy groups -OCH3 is 1. The molecule has 94 valence electrons. The summed E-state index contributed by atoms with van der Waals surface area (Å²) in [5.41, 5.74) is 1.48. The zero-order valence-corrected chi connectivity index (χ0v) is 11.4. The first-order chi connectivity index (χ1) is 8.52. The molecule has 0 atom stereocenters. The highest BCUT2D eigenvalue weighted by molar-refractivity contribution is 9.10. The largest absolute Gasteiger partial charge is 0.496 e. The average Bonchev–Trinajstić information content (AvgIpc) is 2.71. The number of carboxylic acids is 1.